The van der Waals surface area contributed by atoms with Gasteiger partial charge in [0.1, 0.15) is 5.75 Å². The molecule has 1 aromatic heterocycles. The van der Waals surface area contributed by atoms with Crippen LogP contribution in [-0.4, -0.2) is 24.5 Å². The Morgan fingerprint density at radius 2 is 2.37 bits per heavy atom. The van der Waals surface area contributed by atoms with Crippen molar-refractivity contribution in [2.24, 2.45) is 0 Å². The molecule has 0 saturated heterocycles. The molecule has 0 aliphatic rings. The maximum atomic E-state index is 11.8. The average molecular weight is 298 g/mol. The van der Waals surface area contributed by atoms with Gasteiger partial charge in [0.05, 0.1) is 19.3 Å². The van der Waals surface area contributed by atoms with Crippen LogP contribution in [0.4, 0.5) is 10.8 Å². The topological polar surface area (TPSA) is 63.2 Å². The van der Waals surface area contributed by atoms with E-state index in [0.717, 1.165) is 0 Å². The highest BCUT2D eigenvalue weighted by Gasteiger charge is 2.08. The van der Waals surface area contributed by atoms with Crippen LogP contribution in [0, 0.1) is 0 Å². The van der Waals surface area contributed by atoms with Crippen molar-refractivity contribution in [3.63, 3.8) is 0 Å². The van der Waals surface area contributed by atoms with Gasteiger partial charge >= 0.3 is 0 Å². The van der Waals surface area contributed by atoms with Crippen LogP contribution in [0.5, 0.6) is 5.75 Å². The van der Waals surface area contributed by atoms with Crippen molar-refractivity contribution in [1.29, 1.82) is 0 Å². The van der Waals surface area contributed by atoms with Crippen LogP contribution >= 0.6 is 22.9 Å². The van der Waals surface area contributed by atoms with E-state index in [1.807, 2.05) is 5.38 Å². The summed E-state index contributed by atoms with van der Waals surface area (Å²) in [6.07, 6.45) is 1.67. The van der Waals surface area contributed by atoms with Crippen molar-refractivity contribution in [3.8, 4) is 5.75 Å². The fourth-order valence-corrected chi connectivity index (χ4v) is 2.14. The smallest absolute Gasteiger partial charge is 0.243 e. The number of nitrogens with one attached hydrogen (secondary N) is 2. The number of benzene rings is 1. The first-order valence-electron chi connectivity index (χ1n) is 5.46. The van der Waals surface area contributed by atoms with E-state index in [1.54, 1.807) is 24.4 Å². The summed E-state index contributed by atoms with van der Waals surface area (Å²) in [7, 11) is 1.53. The molecule has 0 saturated carbocycles. The van der Waals surface area contributed by atoms with Crippen molar-refractivity contribution >= 4 is 39.7 Å². The lowest BCUT2D eigenvalue weighted by atomic mass is 10.3. The maximum Gasteiger partial charge on any atom is 0.243 e. The standard InChI is InChI=1S/C12H12ClN3O2S/c1-18-10-3-2-8(13)6-9(10)16-11(17)7-15-12-14-4-5-19-12/h2-6H,7H2,1H3,(H,14,15)(H,16,17). The molecular weight excluding hydrogens is 286 g/mol. The molecule has 0 unspecified atom stereocenters. The van der Waals surface area contributed by atoms with Gasteiger partial charge in [-0.25, -0.2) is 4.98 Å². The number of rotatable bonds is 5. The second-order valence-corrected chi connectivity index (χ2v) is 4.91. The molecule has 1 aromatic carbocycles. The molecule has 0 atom stereocenters. The molecule has 0 bridgehead atoms. The molecule has 0 radical (unpaired) electrons. The number of ether oxygens (including phenoxy) is 1. The Bertz CT molecular complexity index is 560. The third-order valence-corrected chi connectivity index (χ3v) is 3.23. The number of hydrogen-bond donors (Lipinski definition) is 2. The fraction of sp³-hybridized carbons (Fsp3) is 0.167. The second kappa shape index (κ2) is 6.40. The van der Waals surface area contributed by atoms with Crippen LogP contribution < -0.4 is 15.4 Å². The molecule has 7 heteroatoms. The van der Waals surface area contributed by atoms with Crippen molar-refractivity contribution in [3.05, 3.63) is 34.8 Å². The molecule has 2 N–H and O–H groups in total. The molecule has 0 aliphatic carbocycles. The van der Waals surface area contributed by atoms with Crippen molar-refractivity contribution < 1.29 is 9.53 Å². The minimum absolute atomic E-state index is 0.128. The number of thiazole rings is 1. The Labute approximate surface area is 119 Å². The zero-order valence-electron chi connectivity index (χ0n) is 10.1. The molecule has 1 amide bonds. The van der Waals surface area contributed by atoms with Gasteiger partial charge in [0.25, 0.3) is 0 Å². The highest BCUT2D eigenvalue weighted by Crippen LogP contribution is 2.27. The zero-order chi connectivity index (χ0) is 13.7. The first-order valence-corrected chi connectivity index (χ1v) is 6.71. The molecule has 5 nitrogen and oxygen atoms in total. The third kappa shape index (κ3) is 3.84. The van der Waals surface area contributed by atoms with Gasteiger partial charge in [-0.15, -0.1) is 11.3 Å². The van der Waals surface area contributed by atoms with Gasteiger partial charge in [-0.1, -0.05) is 11.6 Å². The first-order chi connectivity index (χ1) is 9.19. The fourth-order valence-electron chi connectivity index (χ4n) is 1.44. The number of hydrogen-bond acceptors (Lipinski definition) is 5. The minimum Gasteiger partial charge on any atom is -0.495 e. The summed E-state index contributed by atoms with van der Waals surface area (Å²) in [5.41, 5.74) is 0.543. The Morgan fingerprint density at radius 1 is 1.53 bits per heavy atom. The van der Waals surface area contributed by atoms with Crippen LogP contribution in [0.3, 0.4) is 0 Å². The zero-order valence-corrected chi connectivity index (χ0v) is 11.7. The normalized spacial score (nSPS) is 10.0. The van der Waals surface area contributed by atoms with E-state index in [4.69, 9.17) is 16.3 Å². The van der Waals surface area contributed by atoms with Crippen LogP contribution in [0.25, 0.3) is 0 Å². The molecule has 2 rings (SSSR count). The monoisotopic (exact) mass is 297 g/mol. The number of methoxy groups -OCH3 is 1. The number of anilines is 2. The largest absolute Gasteiger partial charge is 0.495 e. The van der Waals surface area contributed by atoms with Crippen molar-refractivity contribution in [2.75, 3.05) is 24.3 Å². The summed E-state index contributed by atoms with van der Waals surface area (Å²) in [5, 5.41) is 8.72. The predicted molar refractivity (Wildman–Crippen MR) is 77.2 cm³/mol. The van der Waals surface area contributed by atoms with Gasteiger partial charge in [-0.2, -0.15) is 0 Å². The molecule has 0 fully saturated rings. The van der Waals surface area contributed by atoms with Crippen molar-refractivity contribution in [2.45, 2.75) is 0 Å². The first kappa shape index (κ1) is 13.6. The highest BCUT2D eigenvalue weighted by atomic mass is 35.5. The summed E-state index contributed by atoms with van der Waals surface area (Å²) in [6, 6.07) is 5.04. The Hall–Kier alpha value is -1.79. The van der Waals surface area contributed by atoms with Crippen LogP contribution in [0.2, 0.25) is 5.02 Å². The van der Waals surface area contributed by atoms with Crippen LogP contribution in [0.1, 0.15) is 0 Å². The van der Waals surface area contributed by atoms with Gasteiger partial charge in [-0.3, -0.25) is 4.79 Å². The minimum atomic E-state index is -0.198. The summed E-state index contributed by atoms with van der Waals surface area (Å²) >= 11 is 7.32. The lowest BCUT2D eigenvalue weighted by Crippen LogP contribution is -2.22. The van der Waals surface area contributed by atoms with Gasteiger partial charge < -0.3 is 15.4 Å². The van der Waals surface area contributed by atoms with Crippen LogP contribution in [-0.2, 0) is 4.79 Å². The molecule has 2 aromatic rings. The summed E-state index contributed by atoms with van der Waals surface area (Å²) < 4.78 is 5.15. The number of aromatic nitrogens is 1. The summed E-state index contributed by atoms with van der Waals surface area (Å²) in [5.74, 6) is 0.364. The van der Waals surface area contributed by atoms with Gasteiger partial charge in [0.2, 0.25) is 5.91 Å². The van der Waals surface area contributed by atoms with Gasteiger partial charge in [0.15, 0.2) is 5.13 Å². The summed E-state index contributed by atoms with van der Waals surface area (Å²) in [4.78, 5) is 15.8. The summed E-state index contributed by atoms with van der Waals surface area (Å²) in [6.45, 7) is 0.128. The lowest BCUT2D eigenvalue weighted by Gasteiger charge is -2.10. The molecule has 100 valence electrons. The predicted octanol–water partition coefficient (Wildman–Crippen LogP) is 2.86. The Morgan fingerprint density at radius 3 is 3.05 bits per heavy atom. The second-order valence-electron chi connectivity index (χ2n) is 3.58. The van der Waals surface area contributed by atoms with Crippen molar-refractivity contribution in [1.82, 2.24) is 4.98 Å². The number of nitrogens with zero attached hydrogens (tertiary/aromatic N) is 1. The van der Waals surface area contributed by atoms with E-state index >= 15 is 0 Å². The van der Waals surface area contributed by atoms with Gasteiger partial charge in [0, 0.05) is 16.6 Å². The van der Waals surface area contributed by atoms with E-state index in [-0.39, 0.29) is 12.5 Å². The molecule has 0 aliphatic heterocycles. The Kier molecular flexibility index (Phi) is 4.59. The highest BCUT2D eigenvalue weighted by molar-refractivity contribution is 7.13. The molecule has 0 spiro atoms. The van der Waals surface area contributed by atoms with Crippen LogP contribution in [0.15, 0.2) is 29.8 Å². The SMILES string of the molecule is COc1ccc(Cl)cc1NC(=O)CNc1nccs1. The van der Waals surface area contributed by atoms with E-state index < -0.39 is 0 Å². The number of amides is 1. The number of carbonyl (C=O) groups is 1. The van der Waals surface area contributed by atoms with Gasteiger partial charge in [-0.05, 0) is 18.2 Å². The van der Waals surface area contributed by atoms with E-state index in [1.165, 1.54) is 18.4 Å². The van der Waals surface area contributed by atoms with E-state index in [2.05, 4.69) is 15.6 Å². The quantitative estimate of drug-likeness (QED) is 0.891. The Balaban J connectivity index is 1.96. The number of carbonyl (C=O) groups excluding carboxylic acids is 1. The van der Waals surface area contributed by atoms with E-state index in [9.17, 15) is 4.79 Å². The van der Waals surface area contributed by atoms with E-state index in [0.29, 0.717) is 21.6 Å². The molecule has 19 heavy (non-hydrogen) atoms. The molecular formula is C12H12ClN3O2S. The lowest BCUT2D eigenvalue weighted by molar-refractivity contribution is -0.114. The third-order valence-electron chi connectivity index (χ3n) is 2.27. The average Bonchev–Trinajstić information content (AvgIpc) is 2.90. The molecule has 1 heterocycles. The maximum absolute atomic E-state index is 11.8. The number of halogens is 1.